The second-order valence-electron chi connectivity index (χ2n) is 3.65. The molecule has 0 bridgehead atoms. The summed E-state index contributed by atoms with van der Waals surface area (Å²) in [6.45, 7) is 1.50. The van der Waals surface area contributed by atoms with Crippen LogP contribution < -0.4 is 16.8 Å². The number of benzene rings is 1. The number of amides is 2. The molecule has 0 aliphatic heterocycles. The number of nitrogen functional groups attached to an aromatic ring is 1. The Morgan fingerprint density at radius 3 is 2.71 bits per heavy atom. The van der Waals surface area contributed by atoms with Crippen molar-refractivity contribution in [2.24, 2.45) is 5.73 Å². The van der Waals surface area contributed by atoms with Crippen molar-refractivity contribution in [3.63, 3.8) is 0 Å². The Morgan fingerprint density at radius 2 is 2.12 bits per heavy atom. The first kappa shape index (κ1) is 13.0. The third kappa shape index (κ3) is 3.18. The molecule has 1 unspecified atom stereocenters. The highest BCUT2D eigenvalue weighted by Gasteiger charge is 2.14. The first-order chi connectivity index (χ1) is 7.93. The summed E-state index contributed by atoms with van der Waals surface area (Å²) in [7, 11) is 0. The number of aliphatic hydroxyl groups is 1. The molecule has 0 aliphatic rings. The van der Waals surface area contributed by atoms with Gasteiger partial charge in [-0.05, 0) is 24.6 Å². The van der Waals surface area contributed by atoms with Crippen LogP contribution in [0.15, 0.2) is 18.2 Å². The van der Waals surface area contributed by atoms with Crippen molar-refractivity contribution in [1.29, 1.82) is 0 Å². The van der Waals surface area contributed by atoms with E-state index in [-0.39, 0.29) is 6.54 Å². The molecule has 0 spiro atoms. The molecule has 1 aromatic rings. The molecule has 92 valence electrons. The van der Waals surface area contributed by atoms with Gasteiger partial charge in [0.05, 0.1) is 6.54 Å². The molecule has 6 N–H and O–H groups in total. The lowest BCUT2D eigenvalue weighted by molar-refractivity contribution is -0.125. The fourth-order valence-electron chi connectivity index (χ4n) is 1.28. The van der Waals surface area contributed by atoms with Crippen LogP contribution in [0.2, 0.25) is 0 Å². The summed E-state index contributed by atoms with van der Waals surface area (Å²) >= 11 is 0. The molecule has 6 nitrogen and oxygen atoms in total. The van der Waals surface area contributed by atoms with E-state index in [0.29, 0.717) is 16.8 Å². The van der Waals surface area contributed by atoms with Crippen LogP contribution >= 0.6 is 0 Å². The molecule has 0 heterocycles. The van der Waals surface area contributed by atoms with Gasteiger partial charge >= 0.3 is 0 Å². The quantitative estimate of drug-likeness (QED) is 0.510. The van der Waals surface area contributed by atoms with Gasteiger partial charge in [-0.25, -0.2) is 0 Å². The topological polar surface area (TPSA) is 118 Å². The Labute approximate surface area is 98.6 Å². The summed E-state index contributed by atoms with van der Waals surface area (Å²) in [6.07, 6.45) is -1.39. The highest BCUT2D eigenvalue weighted by Crippen LogP contribution is 2.15. The monoisotopic (exact) mass is 237 g/mol. The van der Waals surface area contributed by atoms with Crippen LogP contribution in [0.25, 0.3) is 0 Å². The summed E-state index contributed by atoms with van der Waals surface area (Å²) in [6, 6.07) is 4.95. The third-order valence-corrected chi connectivity index (χ3v) is 2.40. The Balaban J connectivity index is 2.71. The summed E-state index contributed by atoms with van der Waals surface area (Å²) < 4.78 is 0. The van der Waals surface area contributed by atoms with Gasteiger partial charge in [0.25, 0.3) is 5.91 Å². The fraction of sp³-hybridized carbons (Fsp3) is 0.273. The van der Waals surface area contributed by atoms with Crippen molar-refractivity contribution >= 4 is 17.5 Å². The standard InChI is InChI=1S/C11H15N3O3/c1-6-7(3-2-4-8(6)12)11(17)14-5-9(15)10(13)16/h2-4,9,15H,5,12H2,1H3,(H2,13,16)(H,14,17). The average molecular weight is 237 g/mol. The molecule has 17 heavy (non-hydrogen) atoms. The number of nitrogens with two attached hydrogens (primary N) is 2. The van der Waals surface area contributed by atoms with Gasteiger partial charge in [0, 0.05) is 11.3 Å². The Bertz CT molecular complexity index is 446. The molecular formula is C11H15N3O3. The average Bonchev–Trinajstić information content (AvgIpc) is 2.29. The van der Waals surface area contributed by atoms with Crippen LogP contribution in [0, 0.1) is 6.92 Å². The Hall–Kier alpha value is -2.08. The number of aliphatic hydroxyl groups excluding tert-OH is 1. The van der Waals surface area contributed by atoms with E-state index in [9.17, 15) is 9.59 Å². The van der Waals surface area contributed by atoms with Gasteiger partial charge in [0.15, 0.2) is 0 Å². The minimum Gasteiger partial charge on any atom is -0.398 e. The molecule has 0 fully saturated rings. The predicted octanol–water partition coefficient (Wildman–Crippen LogP) is -0.847. The van der Waals surface area contributed by atoms with E-state index in [1.165, 1.54) is 0 Å². The van der Waals surface area contributed by atoms with Gasteiger partial charge in [-0.1, -0.05) is 6.07 Å². The van der Waals surface area contributed by atoms with E-state index in [2.05, 4.69) is 5.32 Å². The molecule has 1 aromatic carbocycles. The van der Waals surface area contributed by atoms with Crippen LogP contribution in [0.4, 0.5) is 5.69 Å². The summed E-state index contributed by atoms with van der Waals surface area (Å²) in [5.41, 5.74) is 12.1. The molecule has 0 saturated heterocycles. The molecular weight excluding hydrogens is 222 g/mol. The third-order valence-electron chi connectivity index (χ3n) is 2.40. The van der Waals surface area contributed by atoms with Crippen molar-refractivity contribution in [2.75, 3.05) is 12.3 Å². The van der Waals surface area contributed by atoms with E-state index < -0.39 is 17.9 Å². The summed E-state index contributed by atoms with van der Waals surface area (Å²) in [4.78, 5) is 22.3. The van der Waals surface area contributed by atoms with E-state index in [1.54, 1.807) is 25.1 Å². The zero-order chi connectivity index (χ0) is 13.0. The first-order valence-electron chi connectivity index (χ1n) is 5.04. The van der Waals surface area contributed by atoms with E-state index in [0.717, 1.165) is 0 Å². The number of nitrogens with one attached hydrogen (secondary N) is 1. The predicted molar refractivity (Wildman–Crippen MR) is 63.1 cm³/mol. The lowest BCUT2D eigenvalue weighted by atomic mass is 10.1. The minimum atomic E-state index is -1.39. The maximum atomic E-state index is 11.7. The largest absolute Gasteiger partial charge is 0.398 e. The maximum absolute atomic E-state index is 11.7. The van der Waals surface area contributed by atoms with Crippen LogP contribution in [0.3, 0.4) is 0 Å². The zero-order valence-electron chi connectivity index (χ0n) is 9.43. The second kappa shape index (κ2) is 5.31. The molecule has 2 amide bonds. The van der Waals surface area contributed by atoms with Gasteiger partial charge in [-0.3, -0.25) is 9.59 Å². The zero-order valence-corrected chi connectivity index (χ0v) is 9.43. The molecule has 6 heteroatoms. The van der Waals surface area contributed by atoms with Crippen LogP contribution in [-0.4, -0.2) is 29.6 Å². The Morgan fingerprint density at radius 1 is 1.47 bits per heavy atom. The van der Waals surface area contributed by atoms with Gasteiger partial charge in [0.2, 0.25) is 5.91 Å². The van der Waals surface area contributed by atoms with Crippen LogP contribution in [0.5, 0.6) is 0 Å². The van der Waals surface area contributed by atoms with Crippen LogP contribution in [-0.2, 0) is 4.79 Å². The number of rotatable bonds is 4. The van der Waals surface area contributed by atoms with Gasteiger partial charge < -0.3 is 21.9 Å². The van der Waals surface area contributed by atoms with Crippen molar-refractivity contribution in [1.82, 2.24) is 5.32 Å². The molecule has 0 saturated carbocycles. The molecule has 0 aliphatic carbocycles. The lowest BCUT2D eigenvalue weighted by Gasteiger charge is -2.11. The fourth-order valence-corrected chi connectivity index (χ4v) is 1.28. The maximum Gasteiger partial charge on any atom is 0.251 e. The molecule has 1 atom stereocenters. The Kier molecular flexibility index (Phi) is 4.06. The highest BCUT2D eigenvalue weighted by atomic mass is 16.3. The summed E-state index contributed by atoms with van der Waals surface area (Å²) in [5, 5.41) is 11.5. The van der Waals surface area contributed by atoms with Crippen molar-refractivity contribution in [3.8, 4) is 0 Å². The normalized spacial score (nSPS) is 11.9. The van der Waals surface area contributed by atoms with Gasteiger partial charge in [-0.15, -0.1) is 0 Å². The second-order valence-corrected chi connectivity index (χ2v) is 3.65. The number of primary amides is 1. The van der Waals surface area contributed by atoms with Gasteiger partial charge in [-0.2, -0.15) is 0 Å². The van der Waals surface area contributed by atoms with Crippen LogP contribution in [0.1, 0.15) is 15.9 Å². The number of hydrogen-bond acceptors (Lipinski definition) is 4. The van der Waals surface area contributed by atoms with Crippen molar-refractivity contribution in [3.05, 3.63) is 29.3 Å². The van der Waals surface area contributed by atoms with Crippen molar-refractivity contribution in [2.45, 2.75) is 13.0 Å². The molecule has 0 aromatic heterocycles. The number of carbonyl (C=O) groups excluding carboxylic acids is 2. The molecule has 0 radical (unpaired) electrons. The van der Waals surface area contributed by atoms with Gasteiger partial charge in [0.1, 0.15) is 6.10 Å². The van der Waals surface area contributed by atoms with Crippen molar-refractivity contribution < 1.29 is 14.7 Å². The van der Waals surface area contributed by atoms with E-state index >= 15 is 0 Å². The number of anilines is 1. The summed E-state index contributed by atoms with van der Waals surface area (Å²) in [5.74, 6) is -1.29. The number of hydrogen-bond donors (Lipinski definition) is 4. The first-order valence-corrected chi connectivity index (χ1v) is 5.04. The van der Waals surface area contributed by atoms with E-state index in [1.807, 2.05) is 0 Å². The minimum absolute atomic E-state index is 0.220. The highest BCUT2D eigenvalue weighted by molar-refractivity contribution is 5.97. The smallest absolute Gasteiger partial charge is 0.251 e. The SMILES string of the molecule is Cc1c(N)cccc1C(=O)NCC(O)C(N)=O. The molecule has 1 rings (SSSR count). The number of carbonyl (C=O) groups is 2. The van der Waals surface area contributed by atoms with E-state index in [4.69, 9.17) is 16.6 Å². The lowest BCUT2D eigenvalue weighted by Crippen LogP contribution is -2.40.